The van der Waals surface area contributed by atoms with Crippen LogP contribution in [0.15, 0.2) is 0 Å². The molecule has 0 N–H and O–H groups in total. The number of rotatable bonds is 0. The molecular weight excluding hydrogens is 408 g/mol. The fourth-order valence-corrected chi connectivity index (χ4v) is 0. The monoisotopic (exact) mass is 408 g/mol. The Morgan fingerprint density at radius 3 is 0.615 bits per heavy atom. The van der Waals surface area contributed by atoms with E-state index in [4.69, 9.17) is 39.6 Å². The van der Waals surface area contributed by atoms with Crippen LogP contribution >= 0.6 is 0 Å². The van der Waals surface area contributed by atoms with E-state index in [1.165, 1.54) is 0 Å². The zero-order chi connectivity index (χ0) is 10.3. The predicted molar refractivity (Wildman–Crippen MR) is 20.0 cm³/mol. The normalized spacial score (nSPS) is 6.77. The van der Waals surface area contributed by atoms with E-state index in [2.05, 4.69) is 0 Å². The van der Waals surface area contributed by atoms with Gasteiger partial charge in [-0.05, 0) is 0 Å². The Hall–Kier alpha value is -0.795. The van der Waals surface area contributed by atoms with Crippen molar-refractivity contribution in [2.75, 3.05) is 0 Å². The summed E-state index contributed by atoms with van der Waals surface area (Å²) >= 11 is 0. The Morgan fingerprint density at radius 1 is 0.538 bits per heavy atom. The van der Waals surface area contributed by atoms with Gasteiger partial charge in [0.05, 0.1) is 23.9 Å². The fourth-order valence-electron chi connectivity index (χ4n) is 0. The summed E-state index contributed by atoms with van der Waals surface area (Å²) in [5.41, 5.74) is 0. The van der Waals surface area contributed by atoms with Crippen molar-refractivity contribution in [3.63, 3.8) is 0 Å². The van der Waals surface area contributed by atoms with Gasteiger partial charge in [-0.25, -0.2) is 0 Å². The Balaban J connectivity index is -0.000000143. The second-order valence-electron chi connectivity index (χ2n) is 1.15. The van der Waals surface area contributed by atoms with Crippen molar-refractivity contribution in [3.8, 4) is 0 Å². The van der Waals surface area contributed by atoms with Crippen molar-refractivity contribution >= 4 is 23.9 Å². The Labute approximate surface area is 103 Å². The van der Waals surface area contributed by atoms with Crippen molar-refractivity contribution in [1.82, 2.24) is 0 Å². The number of carboxylic acid groups (broad SMARTS) is 4. The van der Waals surface area contributed by atoms with Gasteiger partial charge in [-0.2, -0.15) is 0 Å². The smallest absolute Gasteiger partial charge is 0.543 e. The largest absolute Gasteiger partial charge is 4.00 e. The van der Waals surface area contributed by atoms with E-state index < -0.39 is 23.9 Å². The van der Waals surface area contributed by atoms with Crippen molar-refractivity contribution in [2.45, 2.75) is 0 Å². The molecule has 0 atom stereocenters. The number of hydrogen-bond acceptors (Lipinski definition) is 8. The van der Waals surface area contributed by atoms with E-state index in [1.807, 2.05) is 0 Å². The molecule has 0 aromatic heterocycles. The minimum Gasteiger partial charge on any atom is -0.543 e. The molecule has 0 radical (unpaired) electrons. The minimum atomic E-state index is -2.19. The third kappa shape index (κ3) is 18.3. The van der Waals surface area contributed by atoms with E-state index in [9.17, 15) is 0 Å². The first-order chi connectivity index (χ1) is 5.29. The van der Waals surface area contributed by atoms with Gasteiger partial charge in [0.25, 0.3) is 0 Å². The van der Waals surface area contributed by atoms with Gasteiger partial charge in [0.2, 0.25) is 0 Å². The van der Waals surface area contributed by atoms with Crippen molar-refractivity contribution in [2.24, 2.45) is 0 Å². The first-order valence-corrected chi connectivity index (χ1v) is 2.13. The summed E-state index contributed by atoms with van der Waals surface area (Å²) in [6.07, 6.45) is 0. The van der Waals surface area contributed by atoms with Gasteiger partial charge in [-0.15, -0.1) is 0 Å². The van der Waals surface area contributed by atoms with Crippen molar-refractivity contribution < 1.29 is 79.5 Å². The molecule has 0 aliphatic heterocycles. The Bertz CT molecular complexity index is 172. The van der Waals surface area contributed by atoms with E-state index >= 15 is 0 Å². The summed E-state index contributed by atoms with van der Waals surface area (Å²) in [6, 6.07) is 0. The van der Waals surface area contributed by atoms with Crippen LogP contribution in [0.25, 0.3) is 0 Å². The number of carboxylic acids is 4. The summed E-state index contributed by atoms with van der Waals surface area (Å²) in [6.45, 7) is 0. The number of carbonyl (C=O) groups excluding carboxylic acids is 4. The summed E-state index contributed by atoms with van der Waals surface area (Å²) in [7, 11) is 0. The Kier molecular flexibility index (Phi) is 12.9. The van der Waals surface area contributed by atoms with Gasteiger partial charge in [0.15, 0.2) is 0 Å². The van der Waals surface area contributed by atoms with E-state index in [0.29, 0.717) is 0 Å². The molecule has 0 unspecified atom stereocenters. The average molecular weight is 408 g/mol. The molecule has 0 fully saturated rings. The third-order valence-corrected chi connectivity index (χ3v) is 0.333. The zero-order valence-corrected chi connectivity index (χ0v) is 9.88. The maximum Gasteiger partial charge on any atom is 4.00 e. The van der Waals surface area contributed by atoms with Crippen LogP contribution in [0.5, 0.6) is 0 Å². The second kappa shape index (κ2) is 9.29. The third-order valence-electron chi connectivity index (χ3n) is 0.333. The molecule has 0 aliphatic rings. The predicted octanol–water partition coefficient (Wildman–Crippen LogP) is -7.03. The van der Waals surface area contributed by atoms with Crippen molar-refractivity contribution in [1.29, 1.82) is 0 Å². The molecule has 9 heteroatoms. The Morgan fingerprint density at radius 2 is 0.615 bits per heavy atom. The standard InChI is InChI=1S/2C2H2O4.Th/c2*3-1(4)2(5)6;/h2*(H,3,4)(H,5,6);/q;;+4/p-4. The second-order valence-corrected chi connectivity index (χ2v) is 1.15. The molecule has 0 aromatic rings. The summed E-state index contributed by atoms with van der Waals surface area (Å²) in [5, 5.41) is 35.7. The first kappa shape index (κ1) is 18.1. The van der Waals surface area contributed by atoms with E-state index in [-0.39, 0.29) is 39.9 Å². The minimum absolute atomic E-state index is 0. The SMILES string of the molecule is O=C([O-])C(=O)[O-].O=C([O-])C(=O)[O-].[Th+4]. The molecular formula is C4O8Th. The topological polar surface area (TPSA) is 161 Å². The number of aliphatic carboxylic acids is 4. The maximum atomic E-state index is 8.93. The number of carbonyl (C=O) groups is 4. The molecule has 8 nitrogen and oxygen atoms in total. The molecule has 0 rings (SSSR count). The van der Waals surface area contributed by atoms with Crippen LogP contribution in [0.2, 0.25) is 0 Å². The van der Waals surface area contributed by atoms with Crippen LogP contribution in [0.4, 0.5) is 0 Å². The van der Waals surface area contributed by atoms with Crippen LogP contribution in [0.1, 0.15) is 0 Å². The molecule has 13 heavy (non-hydrogen) atoms. The molecule has 0 aliphatic carbocycles. The van der Waals surface area contributed by atoms with Crippen molar-refractivity contribution in [3.05, 3.63) is 0 Å². The van der Waals surface area contributed by atoms with Gasteiger partial charge >= 0.3 is 39.9 Å². The molecule has 0 saturated heterocycles. The van der Waals surface area contributed by atoms with Gasteiger partial charge < -0.3 is 39.6 Å². The van der Waals surface area contributed by atoms with Gasteiger partial charge in [-0.3, -0.25) is 0 Å². The molecule has 68 valence electrons. The summed E-state index contributed by atoms with van der Waals surface area (Å²) in [4.78, 5) is 35.7. The molecule has 0 saturated carbocycles. The van der Waals surface area contributed by atoms with Gasteiger partial charge in [0.1, 0.15) is 0 Å². The van der Waals surface area contributed by atoms with Gasteiger partial charge in [0, 0.05) is 0 Å². The van der Waals surface area contributed by atoms with Crippen LogP contribution in [-0.4, -0.2) is 23.9 Å². The van der Waals surface area contributed by atoms with Crippen LogP contribution < -0.4 is 20.4 Å². The molecule has 0 spiro atoms. The van der Waals surface area contributed by atoms with E-state index in [1.54, 1.807) is 0 Å². The summed E-state index contributed by atoms with van der Waals surface area (Å²) < 4.78 is 0. The van der Waals surface area contributed by atoms with Crippen LogP contribution in [-0.2, 0) is 19.2 Å². The molecule has 0 bridgehead atoms. The fraction of sp³-hybridized carbons (Fsp3) is 0. The quantitative estimate of drug-likeness (QED) is 0.358. The molecule has 0 aromatic carbocycles. The van der Waals surface area contributed by atoms with Crippen LogP contribution in [0.3, 0.4) is 0 Å². The summed E-state index contributed by atoms with van der Waals surface area (Å²) in [5.74, 6) is -8.74. The average Bonchev–Trinajstić information content (AvgIpc) is 1.88. The molecule has 0 heterocycles. The molecule has 0 amide bonds. The maximum absolute atomic E-state index is 8.93. The van der Waals surface area contributed by atoms with Crippen LogP contribution in [0, 0.1) is 39.9 Å². The van der Waals surface area contributed by atoms with E-state index in [0.717, 1.165) is 0 Å². The number of hydrogen-bond donors (Lipinski definition) is 0. The first-order valence-electron chi connectivity index (χ1n) is 2.13. The van der Waals surface area contributed by atoms with Gasteiger partial charge in [-0.1, -0.05) is 0 Å². The zero-order valence-electron chi connectivity index (χ0n) is 5.77.